The predicted molar refractivity (Wildman–Crippen MR) is 207 cm³/mol. The van der Waals surface area contributed by atoms with Crippen molar-refractivity contribution >= 4 is 83.2 Å². The maximum atomic E-state index is 13.7. The van der Waals surface area contributed by atoms with E-state index < -0.39 is 42.2 Å². The van der Waals surface area contributed by atoms with Crippen LogP contribution < -0.4 is 37.6 Å². The molecule has 4 atom stereocenters. The highest BCUT2D eigenvalue weighted by atomic mass is 35.5. The van der Waals surface area contributed by atoms with Gasteiger partial charge >= 0.3 is 12.1 Å². The van der Waals surface area contributed by atoms with E-state index in [-0.39, 0.29) is 59.5 Å². The molecule has 54 heavy (non-hydrogen) atoms. The number of imidazole rings is 1. The Morgan fingerprint density at radius 3 is 2.54 bits per heavy atom. The summed E-state index contributed by atoms with van der Waals surface area (Å²) >= 11 is 6.98. The van der Waals surface area contributed by atoms with Crippen LogP contribution in [0.1, 0.15) is 57.7 Å². The summed E-state index contributed by atoms with van der Waals surface area (Å²) in [4.78, 5) is 49.4. The van der Waals surface area contributed by atoms with Gasteiger partial charge in [-0.15, -0.1) is 29.9 Å². The Morgan fingerprint density at radius 1 is 1.17 bits per heavy atom. The van der Waals surface area contributed by atoms with Crippen LogP contribution in [0, 0.1) is 28.6 Å². The maximum absolute atomic E-state index is 13.7. The molecule has 2 amide bonds. The van der Waals surface area contributed by atoms with Gasteiger partial charge in [-0.2, -0.15) is 20.0 Å². The Hall–Kier alpha value is -4.85. The average Bonchev–Trinajstić information content (AvgIpc) is 3.55. The number of ether oxygens (including phenoxy) is 2. The number of aromatic nitrogens is 4. The van der Waals surface area contributed by atoms with Gasteiger partial charge in [0.05, 0.1) is 60.0 Å². The third kappa shape index (κ3) is 11.1. The molecule has 294 valence electrons. The molecule has 1 aliphatic rings. The van der Waals surface area contributed by atoms with E-state index in [9.17, 15) is 24.9 Å². The number of rotatable bonds is 15. The molecule has 0 radical (unpaired) electrons. The lowest BCUT2D eigenvalue weighted by Crippen LogP contribution is -2.58. The van der Waals surface area contributed by atoms with Gasteiger partial charge in [-0.1, -0.05) is 31.9 Å². The summed E-state index contributed by atoms with van der Waals surface area (Å²) in [6, 6.07) is 4.81. The fourth-order valence-corrected chi connectivity index (χ4v) is 5.94. The Bertz CT molecular complexity index is 1850. The third-order valence-electron chi connectivity index (χ3n) is 8.43. The number of halogens is 3. The van der Waals surface area contributed by atoms with Crippen LogP contribution in [0.3, 0.4) is 0 Å². The van der Waals surface area contributed by atoms with Crippen molar-refractivity contribution in [2.75, 3.05) is 48.8 Å². The van der Waals surface area contributed by atoms with Crippen LogP contribution in [0.2, 0.25) is 5.02 Å². The van der Waals surface area contributed by atoms with Crippen LogP contribution in [-0.4, -0.2) is 95.1 Å². The summed E-state index contributed by atoms with van der Waals surface area (Å²) in [6.45, 7) is 6.82. The number of anilines is 4. The van der Waals surface area contributed by atoms with Crippen molar-refractivity contribution in [2.24, 2.45) is 17.4 Å². The number of esters is 1. The lowest BCUT2D eigenvalue weighted by Gasteiger charge is -2.40. The van der Waals surface area contributed by atoms with E-state index in [1.54, 1.807) is 19.9 Å². The summed E-state index contributed by atoms with van der Waals surface area (Å²) in [5.74, 6) is -1.09. The number of methoxy groups -OCH3 is 1. The van der Waals surface area contributed by atoms with Crippen LogP contribution in [0.15, 0.2) is 18.3 Å². The summed E-state index contributed by atoms with van der Waals surface area (Å²) in [7, 11) is 1.23. The van der Waals surface area contributed by atoms with Crippen molar-refractivity contribution < 1.29 is 23.9 Å². The van der Waals surface area contributed by atoms with Crippen molar-refractivity contribution in [3.8, 4) is 12.1 Å². The highest BCUT2D eigenvalue weighted by Crippen LogP contribution is 2.37. The number of carbonyl (C=O) groups is 3. The molecule has 1 aromatic carbocycles. The van der Waals surface area contributed by atoms with Crippen molar-refractivity contribution in [3.63, 3.8) is 0 Å². The number of nitrogens with one attached hydrogen (secondary N) is 4. The number of hydrogen-bond acceptors (Lipinski definition) is 15. The standard InChI is InChI=1S/C33H44ClN13O5.2ClH/c1-5-39-28-29-40-16-20(15-37)47(29)45-32(44-28)41-23-12-19(14-36)13-24(26(23)34)46-11-9-22(42-33(50)51-4)25(17-46)52-31(49)27(18(2)3)43-30(48)21(38)8-6-7-10-35;;/h12-13,16,18,21-22,25,27H,5-11,17,35,38H2,1-4H3,(H,42,50)(H,43,48)(H2,39,41,44,45);2*1H/t21-,22+,25+,27-;;/m0../s1. The minimum atomic E-state index is -1.02. The van der Waals surface area contributed by atoms with Crippen LogP contribution in [0.5, 0.6) is 0 Å². The molecule has 0 aliphatic carbocycles. The summed E-state index contributed by atoms with van der Waals surface area (Å²) in [5, 5.41) is 35.8. The first-order valence-electron chi connectivity index (χ1n) is 16.9. The second kappa shape index (κ2) is 21.1. The quantitative estimate of drug-likeness (QED) is 0.0952. The lowest BCUT2D eigenvalue weighted by atomic mass is 9.99. The van der Waals surface area contributed by atoms with Crippen LogP contribution in [0.25, 0.3) is 5.65 Å². The SMILES string of the molecule is CCNc1nc(Nc2cc(C#N)cc(N3CC[C@@H](NC(=O)OC)[C@H](OC(=O)[C@@H](NC(=O)[C@@H](N)CCCCN)C(C)C)C3)c2Cl)nn2c(C#N)cnc12.Cl.Cl. The van der Waals surface area contributed by atoms with Gasteiger partial charge in [-0.25, -0.2) is 14.6 Å². The molecule has 0 bridgehead atoms. The number of alkyl carbamates (subject to hydrolysis) is 1. The van der Waals surface area contributed by atoms with Crippen molar-refractivity contribution in [2.45, 2.75) is 70.7 Å². The number of hydrogen-bond donors (Lipinski definition) is 6. The van der Waals surface area contributed by atoms with E-state index in [1.165, 1.54) is 23.9 Å². The van der Waals surface area contributed by atoms with E-state index >= 15 is 0 Å². The number of piperidine rings is 1. The van der Waals surface area contributed by atoms with Crippen LogP contribution in [-0.2, 0) is 19.1 Å². The first-order chi connectivity index (χ1) is 24.9. The minimum absolute atomic E-state index is 0. The Kier molecular flexibility index (Phi) is 17.7. The minimum Gasteiger partial charge on any atom is -0.457 e. The highest BCUT2D eigenvalue weighted by molar-refractivity contribution is 6.36. The Labute approximate surface area is 330 Å². The van der Waals surface area contributed by atoms with Crippen molar-refractivity contribution in [3.05, 3.63) is 34.6 Å². The van der Waals surface area contributed by atoms with Gasteiger partial charge in [0.2, 0.25) is 11.9 Å². The Morgan fingerprint density at radius 2 is 1.91 bits per heavy atom. The predicted octanol–water partition coefficient (Wildman–Crippen LogP) is 2.98. The molecular weight excluding hydrogens is 765 g/mol. The topological polar surface area (TPSA) is 264 Å². The molecular formula is C33H46Cl3N13O5. The molecule has 0 spiro atoms. The second-order valence-electron chi connectivity index (χ2n) is 12.5. The first kappa shape index (κ1) is 45.3. The smallest absolute Gasteiger partial charge is 0.407 e. The number of fused-ring (bicyclic) bond motifs is 1. The number of unbranched alkanes of at least 4 members (excludes halogenated alkanes) is 1. The summed E-state index contributed by atoms with van der Waals surface area (Å²) < 4.78 is 12.2. The number of amides is 2. The zero-order valence-corrected chi connectivity index (χ0v) is 32.7. The number of nitrogens with zero attached hydrogens (tertiary/aromatic N) is 7. The fourth-order valence-electron chi connectivity index (χ4n) is 5.66. The molecule has 21 heteroatoms. The van der Waals surface area contributed by atoms with Crippen molar-refractivity contribution in [1.82, 2.24) is 30.2 Å². The lowest BCUT2D eigenvalue weighted by molar-refractivity contribution is -0.156. The molecule has 3 heterocycles. The summed E-state index contributed by atoms with van der Waals surface area (Å²) in [5.41, 5.74) is 13.2. The maximum Gasteiger partial charge on any atom is 0.407 e. The highest BCUT2D eigenvalue weighted by Gasteiger charge is 2.37. The largest absolute Gasteiger partial charge is 0.457 e. The zero-order valence-electron chi connectivity index (χ0n) is 30.3. The van der Waals surface area contributed by atoms with E-state index in [4.69, 9.17) is 32.5 Å². The van der Waals surface area contributed by atoms with E-state index in [1.807, 2.05) is 17.9 Å². The first-order valence-corrected chi connectivity index (χ1v) is 17.3. The molecule has 1 aliphatic heterocycles. The molecule has 0 saturated carbocycles. The van der Waals surface area contributed by atoms with Gasteiger partial charge < -0.3 is 47.1 Å². The van der Waals surface area contributed by atoms with Gasteiger partial charge in [-0.05, 0) is 50.8 Å². The molecule has 2 aromatic heterocycles. The molecule has 0 unspecified atom stereocenters. The molecule has 1 saturated heterocycles. The molecule has 1 fully saturated rings. The monoisotopic (exact) mass is 809 g/mol. The molecule has 18 nitrogen and oxygen atoms in total. The van der Waals surface area contributed by atoms with Gasteiger partial charge in [0, 0.05) is 13.1 Å². The van der Waals surface area contributed by atoms with Crippen LogP contribution in [0.4, 0.5) is 27.9 Å². The fraction of sp³-hybridized carbons (Fsp3) is 0.515. The normalized spacial score (nSPS) is 16.1. The Balaban J connectivity index is 0.00000504. The average molecular weight is 811 g/mol. The zero-order chi connectivity index (χ0) is 37.9. The van der Waals surface area contributed by atoms with Crippen LogP contribution >= 0.6 is 36.4 Å². The number of carbonyl (C=O) groups excluding carboxylic acids is 3. The number of benzene rings is 1. The van der Waals surface area contributed by atoms with E-state index in [0.29, 0.717) is 61.7 Å². The van der Waals surface area contributed by atoms with E-state index in [2.05, 4.69) is 42.4 Å². The molecule has 8 N–H and O–H groups in total. The van der Waals surface area contributed by atoms with E-state index in [0.717, 1.165) is 6.42 Å². The van der Waals surface area contributed by atoms with Gasteiger partial charge in [0.1, 0.15) is 18.2 Å². The number of nitrogens with two attached hydrogens (primary N) is 2. The second-order valence-corrected chi connectivity index (χ2v) is 12.9. The molecule has 3 aromatic rings. The van der Waals surface area contributed by atoms with Gasteiger partial charge in [0.25, 0.3) is 0 Å². The third-order valence-corrected chi connectivity index (χ3v) is 8.83. The molecule has 4 rings (SSSR count). The van der Waals surface area contributed by atoms with Gasteiger partial charge in [-0.3, -0.25) is 4.79 Å². The van der Waals surface area contributed by atoms with Crippen molar-refractivity contribution in [1.29, 1.82) is 10.5 Å². The summed E-state index contributed by atoms with van der Waals surface area (Å²) in [6.07, 6.45) is 1.85. The number of nitriles is 2. The van der Waals surface area contributed by atoms with Gasteiger partial charge in [0.15, 0.2) is 17.2 Å².